The highest BCUT2D eigenvalue weighted by molar-refractivity contribution is 14.2. The maximum atomic E-state index is 6.17. The van der Waals surface area contributed by atoms with Gasteiger partial charge in [0.15, 0.2) is 5.65 Å². The van der Waals surface area contributed by atoms with Gasteiger partial charge in [-0.3, -0.25) is 9.07 Å². The largest absolute Gasteiger partial charge is 0.285 e. The Kier molecular flexibility index (Phi) is 3.01. The summed E-state index contributed by atoms with van der Waals surface area (Å²) in [6.45, 7) is 0. The Morgan fingerprint density at radius 3 is 3.06 bits per heavy atom. The second-order valence-corrected chi connectivity index (χ2v) is 5.50. The molecule has 0 aromatic carbocycles. The summed E-state index contributed by atoms with van der Waals surface area (Å²) in [5, 5.41) is 8.44. The molecule has 0 spiro atoms. The minimum absolute atomic E-state index is 0.712. The van der Waals surface area contributed by atoms with Gasteiger partial charge in [-0.15, -0.1) is 0 Å². The van der Waals surface area contributed by atoms with Gasteiger partial charge in [-0.2, -0.15) is 5.10 Å². The molecule has 17 heavy (non-hydrogen) atoms. The number of aromatic nitrogens is 4. The number of H-pyrrole nitrogens is 1. The molecule has 4 nitrogen and oxygen atoms in total. The highest BCUT2D eigenvalue weighted by atomic mass is 127. The van der Waals surface area contributed by atoms with E-state index in [1.54, 1.807) is 27.6 Å². The van der Waals surface area contributed by atoms with Crippen LogP contribution >= 0.6 is 41.9 Å². The number of hydrogen-bond donors (Lipinski definition) is 1. The lowest BCUT2D eigenvalue weighted by atomic mass is 10.2. The highest BCUT2D eigenvalue weighted by Crippen LogP contribution is 2.35. The number of rotatable bonds is 2. The third kappa shape index (κ3) is 1.84. The number of halogens is 2. The Hall–Kier alpha value is -0.730. The molecule has 3 rings (SSSR count). The van der Waals surface area contributed by atoms with Gasteiger partial charge in [0.2, 0.25) is 0 Å². The fourth-order valence-corrected chi connectivity index (χ4v) is 3.54. The Morgan fingerprint density at radius 2 is 2.35 bits per heavy atom. The summed E-state index contributed by atoms with van der Waals surface area (Å²) in [6.07, 6.45) is 5.35. The summed E-state index contributed by atoms with van der Waals surface area (Å²) >= 11 is 8.40. The Balaban J connectivity index is 2.36. The summed E-state index contributed by atoms with van der Waals surface area (Å²) < 4.78 is 2.03. The molecule has 0 aliphatic rings. The average molecular weight is 377 g/mol. The lowest BCUT2D eigenvalue weighted by Crippen LogP contribution is -1.87. The van der Waals surface area contributed by atoms with Crippen LogP contribution in [0.15, 0.2) is 30.7 Å². The van der Waals surface area contributed by atoms with E-state index in [2.05, 4.69) is 36.4 Å². The van der Waals surface area contributed by atoms with Crippen molar-refractivity contribution in [2.75, 3.05) is 0 Å². The van der Waals surface area contributed by atoms with Crippen LogP contribution < -0.4 is 0 Å². The van der Waals surface area contributed by atoms with E-state index < -0.39 is 0 Å². The van der Waals surface area contributed by atoms with Crippen LogP contribution in [0.2, 0.25) is 5.02 Å². The molecule has 86 valence electrons. The van der Waals surface area contributed by atoms with Crippen molar-refractivity contribution in [3.63, 3.8) is 0 Å². The molecule has 0 aliphatic carbocycles. The van der Waals surface area contributed by atoms with Crippen molar-refractivity contribution >= 4 is 53.0 Å². The maximum Gasteiger partial charge on any atom is 0.152 e. The third-order valence-corrected chi connectivity index (χ3v) is 4.49. The minimum atomic E-state index is 0.712. The van der Waals surface area contributed by atoms with Crippen molar-refractivity contribution < 1.29 is 0 Å². The van der Waals surface area contributed by atoms with E-state index in [4.69, 9.17) is 11.6 Å². The highest BCUT2D eigenvalue weighted by Gasteiger charge is 2.14. The molecule has 1 N–H and O–H groups in total. The number of nitrogens with zero attached hydrogens (tertiary/aromatic N) is 3. The van der Waals surface area contributed by atoms with Crippen LogP contribution in [-0.2, 0) is 0 Å². The van der Waals surface area contributed by atoms with E-state index in [-0.39, 0.29) is 0 Å². The predicted molar refractivity (Wildman–Crippen MR) is 79.3 cm³/mol. The molecular formula is C10H6ClIN4S. The van der Waals surface area contributed by atoms with Gasteiger partial charge in [-0.05, 0) is 12.1 Å². The second-order valence-electron chi connectivity index (χ2n) is 3.41. The van der Waals surface area contributed by atoms with Crippen molar-refractivity contribution in [3.05, 3.63) is 35.7 Å². The number of aromatic amines is 1. The number of hydrogen-bond acceptors (Lipinski definition) is 3. The molecule has 0 bridgehead atoms. The quantitative estimate of drug-likeness (QED) is 0.690. The van der Waals surface area contributed by atoms with Crippen LogP contribution in [0, 0.1) is 0 Å². The first-order valence-corrected chi connectivity index (χ1v) is 8.45. The smallest absolute Gasteiger partial charge is 0.152 e. The van der Waals surface area contributed by atoms with Crippen LogP contribution in [0.1, 0.15) is 0 Å². The lowest BCUT2D eigenvalue weighted by Gasteiger charge is -2.01. The molecule has 7 heteroatoms. The van der Waals surface area contributed by atoms with Crippen LogP contribution in [-0.4, -0.2) is 19.2 Å². The van der Waals surface area contributed by atoms with Crippen LogP contribution in [0.25, 0.3) is 22.3 Å². The molecule has 0 saturated heterocycles. The molecular weight excluding hydrogens is 371 g/mol. The zero-order chi connectivity index (χ0) is 11.8. The molecule has 0 saturated carbocycles. The molecule has 0 atom stereocenters. The van der Waals surface area contributed by atoms with Gasteiger partial charge in [-0.25, -0.2) is 4.98 Å². The first kappa shape index (κ1) is 11.4. The van der Waals surface area contributed by atoms with Crippen LogP contribution in [0.4, 0.5) is 0 Å². The van der Waals surface area contributed by atoms with E-state index in [1.165, 1.54) is 0 Å². The molecule has 3 heterocycles. The molecule has 3 aromatic rings. The number of pyridine rings is 1. The Bertz CT molecular complexity index is 664. The SMILES string of the molecule is Clc1ccnc2c1cc(-c1cn[nH]c1)n2SI. The fourth-order valence-electron chi connectivity index (χ4n) is 1.71. The van der Waals surface area contributed by atoms with Gasteiger partial charge >= 0.3 is 0 Å². The molecule has 0 radical (unpaired) electrons. The standard InChI is InChI=1S/C10H6ClIN4S/c11-8-1-2-13-10-7(8)3-9(16(10)17-12)6-4-14-15-5-6/h1-5H,(H,14,15). The van der Waals surface area contributed by atoms with Gasteiger partial charge in [-0.1, -0.05) is 11.6 Å². The summed E-state index contributed by atoms with van der Waals surface area (Å²) in [7, 11) is 1.56. The molecule has 0 amide bonds. The van der Waals surface area contributed by atoms with E-state index in [9.17, 15) is 0 Å². The van der Waals surface area contributed by atoms with E-state index in [0.29, 0.717) is 5.02 Å². The monoisotopic (exact) mass is 376 g/mol. The first-order valence-electron chi connectivity index (χ1n) is 4.75. The van der Waals surface area contributed by atoms with Crippen molar-refractivity contribution in [3.8, 4) is 11.3 Å². The molecule has 0 aliphatic heterocycles. The minimum Gasteiger partial charge on any atom is -0.285 e. The van der Waals surface area contributed by atoms with Gasteiger partial charge in [0.1, 0.15) is 0 Å². The van der Waals surface area contributed by atoms with E-state index in [0.717, 1.165) is 22.3 Å². The topological polar surface area (TPSA) is 46.5 Å². The third-order valence-electron chi connectivity index (χ3n) is 2.47. The van der Waals surface area contributed by atoms with Crippen molar-refractivity contribution in [1.29, 1.82) is 0 Å². The maximum absolute atomic E-state index is 6.17. The fraction of sp³-hybridized carbons (Fsp3) is 0. The van der Waals surface area contributed by atoms with Gasteiger partial charge in [0.25, 0.3) is 0 Å². The number of fused-ring (bicyclic) bond motifs is 1. The Morgan fingerprint density at radius 1 is 1.47 bits per heavy atom. The zero-order valence-electron chi connectivity index (χ0n) is 8.39. The normalized spacial score (nSPS) is 11.2. The van der Waals surface area contributed by atoms with Gasteiger partial charge in [0.05, 0.1) is 16.9 Å². The van der Waals surface area contributed by atoms with Crippen molar-refractivity contribution in [1.82, 2.24) is 19.2 Å². The number of nitrogens with one attached hydrogen (secondary N) is 1. The summed E-state index contributed by atoms with van der Waals surface area (Å²) in [6, 6.07) is 3.83. The first-order chi connectivity index (χ1) is 8.31. The van der Waals surface area contributed by atoms with Gasteiger partial charge in [0, 0.05) is 53.7 Å². The predicted octanol–water partition coefficient (Wildman–Crippen LogP) is 3.93. The lowest BCUT2D eigenvalue weighted by molar-refractivity contribution is 1.09. The second kappa shape index (κ2) is 4.51. The van der Waals surface area contributed by atoms with Crippen molar-refractivity contribution in [2.24, 2.45) is 0 Å². The van der Waals surface area contributed by atoms with Crippen molar-refractivity contribution in [2.45, 2.75) is 0 Å². The van der Waals surface area contributed by atoms with Crippen LogP contribution in [0.5, 0.6) is 0 Å². The Labute approximate surface area is 118 Å². The molecule has 0 fully saturated rings. The summed E-state index contributed by atoms with van der Waals surface area (Å²) in [5.74, 6) is 0. The summed E-state index contributed by atoms with van der Waals surface area (Å²) in [5.41, 5.74) is 2.92. The average Bonchev–Trinajstić information content (AvgIpc) is 2.95. The zero-order valence-corrected chi connectivity index (χ0v) is 12.1. The van der Waals surface area contributed by atoms with Gasteiger partial charge < -0.3 is 0 Å². The summed E-state index contributed by atoms with van der Waals surface area (Å²) in [4.78, 5) is 4.37. The molecule has 3 aromatic heterocycles. The van der Waals surface area contributed by atoms with E-state index in [1.807, 2.05) is 16.2 Å². The van der Waals surface area contributed by atoms with E-state index >= 15 is 0 Å². The molecule has 0 unspecified atom stereocenters. The van der Waals surface area contributed by atoms with Crippen LogP contribution in [0.3, 0.4) is 0 Å².